The van der Waals surface area contributed by atoms with Gasteiger partial charge in [0.05, 0.1) is 16.6 Å². The van der Waals surface area contributed by atoms with Crippen LogP contribution in [0.15, 0.2) is 47.3 Å². The van der Waals surface area contributed by atoms with Gasteiger partial charge in [-0.25, -0.2) is 4.39 Å². The predicted molar refractivity (Wildman–Crippen MR) is 86.3 cm³/mol. The molecule has 1 amide bonds. The van der Waals surface area contributed by atoms with E-state index in [4.69, 9.17) is 11.6 Å². The molecule has 0 saturated carbocycles. The molecule has 0 fully saturated rings. The molecular weight excluding hydrogens is 321 g/mol. The summed E-state index contributed by atoms with van der Waals surface area (Å²) in [4.78, 5) is 24.7. The average Bonchev–Trinajstić information content (AvgIpc) is 2.53. The number of carbonyl (C=O) groups excluding carboxylic acids is 1. The smallest absolute Gasteiger partial charge is 0.280 e. The van der Waals surface area contributed by atoms with Crippen molar-refractivity contribution in [2.75, 3.05) is 5.32 Å². The molecule has 0 bridgehead atoms. The van der Waals surface area contributed by atoms with Gasteiger partial charge in [0.15, 0.2) is 5.69 Å². The van der Waals surface area contributed by atoms with E-state index in [9.17, 15) is 14.0 Å². The van der Waals surface area contributed by atoms with Crippen molar-refractivity contribution in [1.82, 2.24) is 9.78 Å². The van der Waals surface area contributed by atoms with E-state index in [0.717, 1.165) is 0 Å². The molecule has 1 aromatic heterocycles. The first kappa shape index (κ1) is 15.2. The summed E-state index contributed by atoms with van der Waals surface area (Å²) in [6.45, 7) is 0. The number of aromatic nitrogens is 2. The number of nitrogens with zero attached hydrogens (tertiary/aromatic N) is 2. The fourth-order valence-electron chi connectivity index (χ4n) is 2.24. The van der Waals surface area contributed by atoms with Crippen LogP contribution in [0.5, 0.6) is 0 Å². The Bertz CT molecular complexity index is 985. The van der Waals surface area contributed by atoms with Crippen LogP contribution in [0.25, 0.3) is 10.9 Å². The van der Waals surface area contributed by atoms with Gasteiger partial charge in [0.2, 0.25) is 5.43 Å². The highest BCUT2D eigenvalue weighted by Gasteiger charge is 2.18. The molecule has 7 heteroatoms. The van der Waals surface area contributed by atoms with Crippen molar-refractivity contribution < 1.29 is 9.18 Å². The number of para-hydroxylation sites is 1. The third kappa shape index (κ3) is 2.80. The summed E-state index contributed by atoms with van der Waals surface area (Å²) in [6, 6.07) is 10.4. The Morgan fingerprint density at radius 1 is 1.26 bits per heavy atom. The lowest BCUT2D eigenvalue weighted by atomic mass is 10.2. The number of benzene rings is 2. The molecule has 0 unspecified atom stereocenters. The quantitative estimate of drug-likeness (QED) is 0.785. The zero-order chi connectivity index (χ0) is 16.6. The summed E-state index contributed by atoms with van der Waals surface area (Å²) in [7, 11) is 1.61. The van der Waals surface area contributed by atoms with Gasteiger partial charge in [-0.3, -0.25) is 14.3 Å². The van der Waals surface area contributed by atoms with Crippen LogP contribution in [0.2, 0.25) is 5.02 Å². The molecule has 0 aliphatic rings. The maximum Gasteiger partial charge on any atom is 0.280 e. The van der Waals surface area contributed by atoms with Gasteiger partial charge in [0, 0.05) is 12.1 Å². The molecule has 3 aromatic rings. The van der Waals surface area contributed by atoms with E-state index in [1.165, 1.54) is 28.9 Å². The Balaban J connectivity index is 2.09. The van der Waals surface area contributed by atoms with Crippen molar-refractivity contribution in [2.45, 2.75) is 0 Å². The number of hydrogen-bond donors (Lipinski definition) is 1. The number of aryl methyl sites for hydroxylation is 1. The molecule has 5 nitrogen and oxygen atoms in total. The summed E-state index contributed by atoms with van der Waals surface area (Å²) in [5.41, 5.74) is -0.366. The van der Waals surface area contributed by atoms with E-state index in [1.807, 2.05) is 0 Å². The second-order valence-electron chi connectivity index (χ2n) is 4.90. The maximum atomic E-state index is 13.6. The summed E-state index contributed by atoms with van der Waals surface area (Å²) < 4.78 is 15.0. The zero-order valence-electron chi connectivity index (χ0n) is 12.0. The van der Waals surface area contributed by atoms with Gasteiger partial charge < -0.3 is 5.32 Å². The predicted octanol–water partition coefficient (Wildman–Crippen LogP) is 2.98. The van der Waals surface area contributed by atoms with E-state index in [1.54, 1.807) is 25.2 Å². The molecular formula is C16H11ClFN3O2. The molecule has 1 heterocycles. The van der Waals surface area contributed by atoms with E-state index < -0.39 is 17.2 Å². The lowest BCUT2D eigenvalue weighted by Gasteiger charge is -2.09. The van der Waals surface area contributed by atoms with Crippen molar-refractivity contribution >= 4 is 34.1 Å². The van der Waals surface area contributed by atoms with Crippen LogP contribution in [0.3, 0.4) is 0 Å². The monoisotopic (exact) mass is 331 g/mol. The minimum Gasteiger partial charge on any atom is -0.318 e. The van der Waals surface area contributed by atoms with Crippen molar-refractivity contribution in [3.63, 3.8) is 0 Å². The second-order valence-corrected chi connectivity index (χ2v) is 5.33. The molecule has 1 N–H and O–H groups in total. The van der Waals surface area contributed by atoms with Gasteiger partial charge in [-0.15, -0.1) is 0 Å². The molecule has 2 aromatic carbocycles. The van der Waals surface area contributed by atoms with Gasteiger partial charge in [-0.2, -0.15) is 5.10 Å². The molecule has 23 heavy (non-hydrogen) atoms. The van der Waals surface area contributed by atoms with Gasteiger partial charge in [0.1, 0.15) is 5.82 Å². The van der Waals surface area contributed by atoms with Gasteiger partial charge in [-0.05, 0) is 30.3 Å². The number of hydrogen-bond acceptors (Lipinski definition) is 3. The van der Waals surface area contributed by atoms with E-state index in [0.29, 0.717) is 10.5 Å². The molecule has 3 rings (SSSR count). The van der Waals surface area contributed by atoms with Crippen LogP contribution < -0.4 is 10.7 Å². The summed E-state index contributed by atoms with van der Waals surface area (Å²) in [5, 5.41) is 6.98. The largest absolute Gasteiger partial charge is 0.318 e. The highest BCUT2D eigenvalue weighted by atomic mass is 35.5. The van der Waals surface area contributed by atoms with Crippen LogP contribution >= 0.6 is 11.6 Å². The third-order valence-corrected chi connectivity index (χ3v) is 3.59. The lowest BCUT2D eigenvalue weighted by Crippen LogP contribution is -2.26. The Kier molecular flexibility index (Phi) is 3.83. The first-order valence-corrected chi connectivity index (χ1v) is 7.07. The summed E-state index contributed by atoms with van der Waals surface area (Å²) in [5.74, 6) is -1.38. The Labute approximate surface area is 135 Å². The fraction of sp³-hybridized carbons (Fsp3) is 0.0625. The van der Waals surface area contributed by atoms with Crippen LogP contribution in [-0.2, 0) is 7.05 Å². The minimum absolute atomic E-state index is 0.0208. The van der Waals surface area contributed by atoms with Gasteiger partial charge in [0.25, 0.3) is 5.91 Å². The first-order valence-electron chi connectivity index (χ1n) is 6.70. The molecule has 116 valence electrons. The van der Waals surface area contributed by atoms with Crippen molar-refractivity contribution in [1.29, 1.82) is 0 Å². The number of halogens is 2. The Morgan fingerprint density at radius 3 is 2.74 bits per heavy atom. The van der Waals surface area contributed by atoms with Gasteiger partial charge >= 0.3 is 0 Å². The summed E-state index contributed by atoms with van der Waals surface area (Å²) >= 11 is 5.91. The molecule has 0 atom stereocenters. The molecule has 0 aliphatic carbocycles. The number of rotatable bonds is 2. The third-order valence-electron chi connectivity index (χ3n) is 3.35. The molecule has 0 spiro atoms. The standard InChI is InChI=1S/C16H11ClFN3O2/c1-21-13-7-6-9(17)8-10(13)15(22)14(20-21)16(23)19-12-5-3-2-4-11(12)18/h2-8H,1H3,(H,19,23). The van der Waals surface area contributed by atoms with E-state index >= 15 is 0 Å². The van der Waals surface area contributed by atoms with Gasteiger partial charge in [-0.1, -0.05) is 23.7 Å². The molecule has 0 aliphatic heterocycles. The van der Waals surface area contributed by atoms with Crippen LogP contribution in [-0.4, -0.2) is 15.7 Å². The minimum atomic E-state index is -0.780. The van der Waals surface area contributed by atoms with Crippen LogP contribution in [0.4, 0.5) is 10.1 Å². The molecule has 0 saturated heterocycles. The average molecular weight is 332 g/mol. The Hall–Kier alpha value is -2.73. The molecule has 0 radical (unpaired) electrons. The van der Waals surface area contributed by atoms with E-state index in [2.05, 4.69) is 10.4 Å². The SMILES string of the molecule is Cn1nc(C(=O)Nc2ccccc2F)c(=O)c2cc(Cl)ccc21. The fourth-order valence-corrected chi connectivity index (χ4v) is 2.41. The van der Waals surface area contributed by atoms with Crippen LogP contribution in [0, 0.1) is 5.82 Å². The summed E-state index contributed by atoms with van der Waals surface area (Å²) in [6.07, 6.45) is 0. The first-order chi connectivity index (χ1) is 11.0. The maximum absolute atomic E-state index is 13.6. The number of fused-ring (bicyclic) bond motifs is 1. The second kappa shape index (κ2) is 5.81. The normalized spacial score (nSPS) is 10.7. The van der Waals surface area contributed by atoms with Crippen molar-refractivity contribution in [3.8, 4) is 0 Å². The number of anilines is 1. The van der Waals surface area contributed by atoms with Crippen molar-refractivity contribution in [3.05, 3.63) is 69.2 Å². The number of nitrogens with one attached hydrogen (secondary N) is 1. The number of amides is 1. The van der Waals surface area contributed by atoms with E-state index in [-0.39, 0.29) is 16.8 Å². The van der Waals surface area contributed by atoms with Crippen LogP contribution in [0.1, 0.15) is 10.5 Å². The highest BCUT2D eigenvalue weighted by Crippen LogP contribution is 2.17. The number of carbonyl (C=O) groups is 1. The highest BCUT2D eigenvalue weighted by molar-refractivity contribution is 6.31. The topological polar surface area (TPSA) is 64.0 Å². The Morgan fingerprint density at radius 2 is 2.00 bits per heavy atom. The van der Waals surface area contributed by atoms with Crippen molar-refractivity contribution in [2.24, 2.45) is 7.05 Å². The zero-order valence-corrected chi connectivity index (χ0v) is 12.8. The lowest BCUT2D eigenvalue weighted by molar-refractivity contribution is 0.101.